The van der Waals surface area contributed by atoms with Crippen molar-refractivity contribution in [2.24, 2.45) is 5.10 Å². The van der Waals surface area contributed by atoms with E-state index in [0.29, 0.717) is 22.8 Å². The summed E-state index contributed by atoms with van der Waals surface area (Å²) in [6.07, 6.45) is 5.83. The summed E-state index contributed by atoms with van der Waals surface area (Å²) in [4.78, 5) is 18.1. The lowest BCUT2D eigenvalue weighted by atomic mass is 10.1. The maximum absolute atomic E-state index is 13.3. The zero-order valence-corrected chi connectivity index (χ0v) is 19.9. The number of hydrogen-bond donors (Lipinski definition) is 0. The fourth-order valence-corrected chi connectivity index (χ4v) is 4.16. The molecule has 0 fully saturated rings. The molecule has 2 aromatic carbocycles. The Hall–Kier alpha value is -2.73. The van der Waals surface area contributed by atoms with Crippen LogP contribution in [0.5, 0.6) is 0 Å². The Morgan fingerprint density at radius 3 is 2.61 bits per heavy atom. The first-order chi connectivity index (χ1) is 14.9. The fraction of sp³-hybridized carbons (Fsp3) is 0.320. The highest BCUT2D eigenvalue weighted by atomic mass is 79.9. The molecule has 4 rings (SSSR count). The quantitative estimate of drug-likeness (QED) is 0.297. The van der Waals surface area contributed by atoms with Crippen LogP contribution in [-0.2, 0) is 0 Å². The fourth-order valence-electron chi connectivity index (χ4n) is 3.80. The van der Waals surface area contributed by atoms with Crippen molar-refractivity contribution in [3.63, 3.8) is 0 Å². The number of nitrogens with zero attached hydrogens (tertiary/aromatic N) is 4. The molecule has 0 aliphatic carbocycles. The van der Waals surface area contributed by atoms with Crippen LogP contribution in [0, 0.1) is 0 Å². The largest absolute Gasteiger partial charge is 0.344 e. The Labute approximate surface area is 190 Å². The van der Waals surface area contributed by atoms with E-state index in [1.54, 1.807) is 6.21 Å². The number of hydrogen-bond acceptors (Lipinski definition) is 3. The van der Waals surface area contributed by atoms with Crippen LogP contribution in [0.2, 0.25) is 0 Å². The van der Waals surface area contributed by atoms with Gasteiger partial charge in [-0.15, -0.1) is 0 Å². The number of halogens is 1. The lowest BCUT2D eigenvalue weighted by Gasteiger charge is -2.13. The van der Waals surface area contributed by atoms with Gasteiger partial charge in [-0.3, -0.25) is 4.79 Å². The maximum Gasteiger partial charge on any atom is 0.282 e. The van der Waals surface area contributed by atoms with Crippen molar-refractivity contribution in [3.05, 3.63) is 74.9 Å². The van der Waals surface area contributed by atoms with Crippen molar-refractivity contribution >= 4 is 44.0 Å². The average molecular weight is 479 g/mol. The third-order valence-electron chi connectivity index (χ3n) is 6.04. The van der Waals surface area contributed by atoms with Gasteiger partial charge in [0.2, 0.25) is 0 Å². The van der Waals surface area contributed by atoms with E-state index in [1.165, 1.54) is 10.2 Å². The van der Waals surface area contributed by atoms with Crippen molar-refractivity contribution in [1.29, 1.82) is 0 Å². The molecule has 31 heavy (non-hydrogen) atoms. The number of fused-ring (bicyclic) bond motifs is 2. The monoisotopic (exact) mass is 478 g/mol. The molecule has 0 radical (unpaired) electrons. The smallest absolute Gasteiger partial charge is 0.282 e. The molecule has 2 aromatic heterocycles. The molecule has 160 valence electrons. The second-order valence-corrected chi connectivity index (χ2v) is 8.98. The van der Waals surface area contributed by atoms with E-state index in [-0.39, 0.29) is 11.5 Å². The van der Waals surface area contributed by atoms with Crippen molar-refractivity contribution in [2.45, 2.75) is 52.5 Å². The third kappa shape index (κ3) is 3.97. The summed E-state index contributed by atoms with van der Waals surface area (Å²) in [7, 11) is 0. The van der Waals surface area contributed by atoms with Gasteiger partial charge in [0.15, 0.2) is 0 Å². The molecule has 0 unspecified atom stereocenters. The average Bonchev–Trinajstić information content (AvgIpc) is 3.16. The molecular weight excluding hydrogens is 452 g/mol. The zero-order valence-electron chi connectivity index (χ0n) is 18.3. The van der Waals surface area contributed by atoms with Crippen LogP contribution < -0.4 is 5.56 Å². The first kappa shape index (κ1) is 21.5. The SMILES string of the molecule is CC[C@@H](C)c1nc2ccc(Br)cc2c(=O)n1N=Cc1cn([C@H](C)CC)c2ccccc12. The van der Waals surface area contributed by atoms with Crippen LogP contribution in [-0.4, -0.2) is 20.4 Å². The van der Waals surface area contributed by atoms with E-state index >= 15 is 0 Å². The molecule has 5 nitrogen and oxygen atoms in total. The number of rotatable bonds is 6. The number of benzene rings is 2. The van der Waals surface area contributed by atoms with Gasteiger partial charge in [-0.05, 0) is 44.0 Å². The molecule has 0 spiro atoms. The maximum atomic E-state index is 13.3. The lowest BCUT2D eigenvalue weighted by Crippen LogP contribution is -2.23. The van der Waals surface area contributed by atoms with Crippen molar-refractivity contribution in [1.82, 2.24) is 14.2 Å². The van der Waals surface area contributed by atoms with Crippen LogP contribution in [0.25, 0.3) is 21.8 Å². The summed E-state index contributed by atoms with van der Waals surface area (Å²) in [5.41, 5.74) is 2.72. The van der Waals surface area contributed by atoms with E-state index in [2.05, 4.69) is 77.7 Å². The molecule has 0 saturated carbocycles. The van der Waals surface area contributed by atoms with Gasteiger partial charge in [0.25, 0.3) is 5.56 Å². The molecule has 0 bridgehead atoms. The molecule has 4 aromatic rings. The van der Waals surface area contributed by atoms with Crippen molar-refractivity contribution < 1.29 is 0 Å². The van der Waals surface area contributed by atoms with E-state index in [4.69, 9.17) is 4.98 Å². The van der Waals surface area contributed by atoms with Gasteiger partial charge in [-0.1, -0.05) is 54.9 Å². The number of para-hydroxylation sites is 1. The molecule has 0 aliphatic rings. The highest BCUT2D eigenvalue weighted by molar-refractivity contribution is 9.10. The van der Waals surface area contributed by atoms with E-state index in [0.717, 1.165) is 28.3 Å². The van der Waals surface area contributed by atoms with E-state index < -0.39 is 0 Å². The zero-order chi connectivity index (χ0) is 22.1. The number of aromatic nitrogens is 3. The summed E-state index contributed by atoms with van der Waals surface area (Å²) in [6.45, 7) is 8.57. The van der Waals surface area contributed by atoms with Gasteiger partial charge in [0.05, 0.1) is 17.1 Å². The molecule has 0 aliphatic heterocycles. The molecular formula is C25H27BrN4O. The highest BCUT2D eigenvalue weighted by Crippen LogP contribution is 2.25. The standard InChI is InChI=1S/C25H27BrN4O/c1-5-16(3)24-28-22-12-11-19(26)13-21(22)25(31)30(24)27-14-18-15-29(17(4)6-2)23-10-8-7-9-20(18)23/h7-17H,5-6H2,1-4H3/t16-,17-/m1/s1. The Kier molecular flexibility index (Phi) is 6.10. The summed E-state index contributed by atoms with van der Waals surface area (Å²) in [5.74, 6) is 0.795. The second kappa shape index (κ2) is 8.79. The topological polar surface area (TPSA) is 52.2 Å². The van der Waals surface area contributed by atoms with Crippen molar-refractivity contribution in [3.8, 4) is 0 Å². The molecule has 0 amide bonds. The summed E-state index contributed by atoms with van der Waals surface area (Å²) in [6, 6.07) is 14.3. The molecule has 2 heterocycles. The predicted molar refractivity (Wildman–Crippen MR) is 132 cm³/mol. The van der Waals surface area contributed by atoms with Crippen LogP contribution in [0.1, 0.15) is 63.9 Å². The summed E-state index contributed by atoms with van der Waals surface area (Å²) >= 11 is 3.46. The second-order valence-electron chi connectivity index (χ2n) is 8.07. The minimum Gasteiger partial charge on any atom is -0.344 e. The molecule has 0 saturated heterocycles. The Balaban J connectivity index is 1.90. The first-order valence-electron chi connectivity index (χ1n) is 10.8. The third-order valence-corrected chi connectivity index (χ3v) is 6.53. The Morgan fingerprint density at radius 1 is 1.10 bits per heavy atom. The van der Waals surface area contributed by atoms with Gasteiger partial charge in [-0.25, -0.2) is 4.98 Å². The van der Waals surface area contributed by atoms with Crippen LogP contribution >= 0.6 is 15.9 Å². The van der Waals surface area contributed by atoms with Crippen molar-refractivity contribution in [2.75, 3.05) is 0 Å². The Morgan fingerprint density at radius 2 is 1.87 bits per heavy atom. The summed E-state index contributed by atoms with van der Waals surface area (Å²) in [5, 5.41) is 6.34. The van der Waals surface area contributed by atoms with Gasteiger partial charge < -0.3 is 4.57 Å². The molecule has 0 N–H and O–H groups in total. The van der Waals surface area contributed by atoms with E-state index in [1.807, 2.05) is 24.3 Å². The molecule has 6 heteroatoms. The first-order valence-corrected chi connectivity index (χ1v) is 11.6. The van der Waals surface area contributed by atoms with Crippen LogP contribution in [0.3, 0.4) is 0 Å². The molecule has 2 atom stereocenters. The van der Waals surface area contributed by atoms with Gasteiger partial charge in [0.1, 0.15) is 5.82 Å². The highest BCUT2D eigenvalue weighted by Gasteiger charge is 2.16. The Bertz CT molecular complexity index is 1330. The van der Waals surface area contributed by atoms with Gasteiger partial charge in [0, 0.05) is 39.1 Å². The van der Waals surface area contributed by atoms with Crippen LogP contribution in [0.4, 0.5) is 0 Å². The minimum absolute atomic E-state index is 0.111. The van der Waals surface area contributed by atoms with Crippen LogP contribution in [0.15, 0.2) is 63.0 Å². The normalized spacial score (nSPS) is 14.0. The minimum atomic E-state index is -0.150. The summed E-state index contributed by atoms with van der Waals surface area (Å²) < 4.78 is 4.60. The predicted octanol–water partition coefficient (Wildman–Crippen LogP) is 6.48. The van der Waals surface area contributed by atoms with Gasteiger partial charge in [-0.2, -0.15) is 9.78 Å². The lowest BCUT2D eigenvalue weighted by molar-refractivity contribution is 0.548. The van der Waals surface area contributed by atoms with Gasteiger partial charge >= 0.3 is 0 Å². The van der Waals surface area contributed by atoms with E-state index in [9.17, 15) is 4.79 Å².